The maximum Gasteiger partial charge on any atom is 0.124 e. The van der Waals surface area contributed by atoms with Gasteiger partial charge in [0.05, 0.1) is 16.9 Å². The zero-order valence-corrected chi connectivity index (χ0v) is 12.6. The van der Waals surface area contributed by atoms with Gasteiger partial charge < -0.3 is 4.57 Å². The van der Waals surface area contributed by atoms with E-state index in [1.807, 2.05) is 18.2 Å². The summed E-state index contributed by atoms with van der Waals surface area (Å²) in [5.74, 6) is 3.00. The SMILES string of the molecule is CC1CCC(Cn2c(CCl)nc3ccc(Cl)cc32)C1. The molecule has 1 aliphatic rings. The molecule has 1 saturated carbocycles. The highest BCUT2D eigenvalue weighted by atomic mass is 35.5. The third-order valence-electron chi connectivity index (χ3n) is 4.15. The van der Waals surface area contributed by atoms with Crippen LogP contribution in [0, 0.1) is 11.8 Å². The molecule has 1 aromatic heterocycles. The minimum atomic E-state index is 0.453. The van der Waals surface area contributed by atoms with E-state index in [2.05, 4.69) is 16.5 Å². The highest BCUT2D eigenvalue weighted by Crippen LogP contribution is 2.33. The molecule has 2 aromatic rings. The summed E-state index contributed by atoms with van der Waals surface area (Å²) in [6.45, 7) is 3.36. The minimum Gasteiger partial charge on any atom is -0.327 e. The van der Waals surface area contributed by atoms with E-state index in [1.54, 1.807) is 0 Å². The Hall–Kier alpha value is -0.730. The van der Waals surface area contributed by atoms with E-state index < -0.39 is 0 Å². The topological polar surface area (TPSA) is 17.8 Å². The van der Waals surface area contributed by atoms with E-state index in [9.17, 15) is 0 Å². The van der Waals surface area contributed by atoms with Gasteiger partial charge in [0.25, 0.3) is 0 Å². The number of alkyl halides is 1. The molecule has 0 spiro atoms. The zero-order chi connectivity index (χ0) is 13.4. The molecule has 1 heterocycles. The van der Waals surface area contributed by atoms with Crippen molar-refractivity contribution in [1.82, 2.24) is 9.55 Å². The van der Waals surface area contributed by atoms with Gasteiger partial charge in [0.2, 0.25) is 0 Å². The number of aromatic nitrogens is 2. The molecule has 3 rings (SSSR count). The van der Waals surface area contributed by atoms with Crippen molar-refractivity contribution < 1.29 is 0 Å². The molecule has 0 amide bonds. The Kier molecular flexibility index (Phi) is 3.72. The van der Waals surface area contributed by atoms with Gasteiger partial charge in [-0.3, -0.25) is 0 Å². The molecule has 102 valence electrons. The largest absolute Gasteiger partial charge is 0.327 e. The van der Waals surface area contributed by atoms with Crippen molar-refractivity contribution in [1.29, 1.82) is 0 Å². The lowest BCUT2D eigenvalue weighted by molar-refractivity contribution is 0.441. The van der Waals surface area contributed by atoms with Crippen LogP contribution in [0.5, 0.6) is 0 Å². The molecule has 2 atom stereocenters. The number of hydrogen-bond acceptors (Lipinski definition) is 1. The standard InChI is InChI=1S/C15H18Cl2N2/c1-10-2-3-11(6-10)9-19-14-7-12(17)4-5-13(14)18-15(19)8-16/h4-5,7,10-11H,2-3,6,8-9H2,1H3. The number of fused-ring (bicyclic) bond motifs is 1. The van der Waals surface area contributed by atoms with Crippen LogP contribution in [0.4, 0.5) is 0 Å². The quantitative estimate of drug-likeness (QED) is 0.739. The number of nitrogens with zero attached hydrogens (tertiary/aromatic N) is 2. The summed E-state index contributed by atoms with van der Waals surface area (Å²) in [6.07, 6.45) is 3.96. The van der Waals surface area contributed by atoms with Gasteiger partial charge in [-0.15, -0.1) is 11.6 Å². The number of rotatable bonds is 3. The first-order valence-electron chi connectivity index (χ1n) is 6.88. The van der Waals surface area contributed by atoms with E-state index in [-0.39, 0.29) is 0 Å². The van der Waals surface area contributed by atoms with Crippen LogP contribution >= 0.6 is 23.2 Å². The molecule has 0 bridgehead atoms. The van der Waals surface area contributed by atoms with Gasteiger partial charge in [-0.1, -0.05) is 24.9 Å². The zero-order valence-electron chi connectivity index (χ0n) is 11.1. The first-order chi connectivity index (χ1) is 9.17. The van der Waals surface area contributed by atoms with Crippen molar-refractivity contribution in [2.24, 2.45) is 11.8 Å². The van der Waals surface area contributed by atoms with Gasteiger partial charge in [0, 0.05) is 11.6 Å². The van der Waals surface area contributed by atoms with Crippen LogP contribution in [-0.2, 0) is 12.4 Å². The Morgan fingerprint density at radius 3 is 2.89 bits per heavy atom. The molecule has 4 heteroatoms. The number of benzene rings is 1. The lowest BCUT2D eigenvalue weighted by atomic mass is 10.1. The summed E-state index contributed by atoms with van der Waals surface area (Å²) in [4.78, 5) is 4.61. The molecule has 19 heavy (non-hydrogen) atoms. The van der Waals surface area contributed by atoms with Crippen LogP contribution in [0.15, 0.2) is 18.2 Å². The second kappa shape index (κ2) is 5.34. The third-order valence-corrected chi connectivity index (χ3v) is 4.63. The monoisotopic (exact) mass is 296 g/mol. The Morgan fingerprint density at radius 1 is 1.37 bits per heavy atom. The summed E-state index contributed by atoms with van der Waals surface area (Å²) >= 11 is 12.1. The van der Waals surface area contributed by atoms with E-state index in [1.165, 1.54) is 19.3 Å². The lowest BCUT2D eigenvalue weighted by Gasteiger charge is -2.13. The Bertz CT molecular complexity index is 591. The molecule has 0 N–H and O–H groups in total. The van der Waals surface area contributed by atoms with Crippen molar-refractivity contribution in [2.75, 3.05) is 0 Å². The fourth-order valence-corrected chi connectivity index (χ4v) is 3.57. The number of hydrogen-bond donors (Lipinski definition) is 0. The molecular formula is C15H18Cl2N2. The highest BCUT2D eigenvalue weighted by Gasteiger charge is 2.23. The van der Waals surface area contributed by atoms with Gasteiger partial charge >= 0.3 is 0 Å². The normalized spacial score (nSPS) is 23.3. The maximum absolute atomic E-state index is 6.11. The summed E-state index contributed by atoms with van der Waals surface area (Å²) in [5.41, 5.74) is 2.11. The van der Waals surface area contributed by atoms with Crippen LogP contribution in [0.1, 0.15) is 32.0 Å². The molecule has 0 aliphatic heterocycles. The summed E-state index contributed by atoms with van der Waals surface area (Å²) in [6, 6.07) is 5.86. The van der Waals surface area contributed by atoms with Crippen LogP contribution in [0.2, 0.25) is 5.02 Å². The minimum absolute atomic E-state index is 0.453. The van der Waals surface area contributed by atoms with Gasteiger partial charge in [0.1, 0.15) is 5.82 Å². The van der Waals surface area contributed by atoms with Gasteiger partial charge in [-0.2, -0.15) is 0 Å². The first-order valence-corrected chi connectivity index (χ1v) is 7.79. The van der Waals surface area contributed by atoms with Crippen molar-refractivity contribution in [2.45, 2.75) is 38.6 Å². The average Bonchev–Trinajstić information content (AvgIpc) is 2.94. The molecule has 1 aliphatic carbocycles. The lowest BCUT2D eigenvalue weighted by Crippen LogP contribution is -2.10. The predicted octanol–water partition coefficient (Wildman–Crippen LogP) is 4.86. The van der Waals surface area contributed by atoms with Crippen molar-refractivity contribution in [3.05, 3.63) is 29.0 Å². The summed E-state index contributed by atoms with van der Waals surface area (Å²) in [7, 11) is 0. The van der Waals surface area contributed by atoms with E-state index >= 15 is 0 Å². The predicted molar refractivity (Wildman–Crippen MR) is 80.8 cm³/mol. The van der Waals surface area contributed by atoms with Crippen molar-refractivity contribution in [3.8, 4) is 0 Å². The Labute approximate surface area is 123 Å². The van der Waals surface area contributed by atoms with Crippen LogP contribution in [0.3, 0.4) is 0 Å². The average molecular weight is 297 g/mol. The summed E-state index contributed by atoms with van der Waals surface area (Å²) in [5, 5.41) is 0.759. The molecule has 1 aromatic carbocycles. The fraction of sp³-hybridized carbons (Fsp3) is 0.533. The van der Waals surface area contributed by atoms with Crippen LogP contribution < -0.4 is 0 Å². The van der Waals surface area contributed by atoms with Crippen molar-refractivity contribution >= 4 is 34.2 Å². The maximum atomic E-state index is 6.11. The molecule has 0 saturated heterocycles. The van der Waals surface area contributed by atoms with Gasteiger partial charge in [-0.25, -0.2) is 4.98 Å². The second-order valence-corrected chi connectivity index (χ2v) is 6.39. The van der Waals surface area contributed by atoms with Gasteiger partial charge in [-0.05, 0) is 42.9 Å². The summed E-state index contributed by atoms with van der Waals surface area (Å²) < 4.78 is 2.26. The Morgan fingerprint density at radius 2 is 2.21 bits per heavy atom. The third kappa shape index (κ3) is 2.61. The fourth-order valence-electron chi connectivity index (χ4n) is 3.20. The molecule has 2 nitrogen and oxygen atoms in total. The highest BCUT2D eigenvalue weighted by molar-refractivity contribution is 6.31. The Balaban J connectivity index is 1.98. The second-order valence-electron chi connectivity index (χ2n) is 5.69. The van der Waals surface area contributed by atoms with Crippen LogP contribution in [-0.4, -0.2) is 9.55 Å². The molecule has 0 radical (unpaired) electrons. The molecular weight excluding hydrogens is 279 g/mol. The molecule has 1 fully saturated rings. The van der Waals surface area contributed by atoms with Crippen LogP contribution in [0.25, 0.3) is 11.0 Å². The first kappa shape index (κ1) is 13.3. The smallest absolute Gasteiger partial charge is 0.124 e. The number of halogens is 2. The molecule has 2 unspecified atom stereocenters. The number of imidazole rings is 1. The van der Waals surface area contributed by atoms with Crippen molar-refractivity contribution in [3.63, 3.8) is 0 Å². The van der Waals surface area contributed by atoms with Gasteiger partial charge in [0.15, 0.2) is 0 Å². The van der Waals surface area contributed by atoms with E-state index in [0.717, 1.165) is 40.3 Å². The van der Waals surface area contributed by atoms with E-state index in [4.69, 9.17) is 23.2 Å². The van der Waals surface area contributed by atoms with E-state index in [0.29, 0.717) is 5.88 Å².